The number of piperidine rings is 1. The highest BCUT2D eigenvalue weighted by Gasteiger charge is 2.44. The number of nitrogens with zero attached hydrogens (tertiary/aromatic N) is 2. The molecule has 0 spiro atoms. The summed E-state index contributed by atoms with van der Waals surface area (Å²) in [5.74, 6) is 0.640. The standard InChI is InChI=1S/C11H19F2N3/c1-7-2-4-16(5-3-7)11(14)15-9-6-8(9)10(12)13/h7-10H,2-6H2,1H3,(H2,14,15)/t8-,9-/m0/s1. The maximum atomic E-state index is 12.3. The van der Waals surface area contributed by atoms with Crippen LogP contribution in [0.3, 0.4) is 0 Å². The number of guanidine groups is 1. The number of rotatable bonds is 2. The molecule has 2 atom stereocenters. The number of alkyl halides is 2. The Morgan fingerprint density at radius 2 is 2.00 bits per heavy atom. The van der Waals surface area contributed by atoms with Crippen LogP contribution in [0.4, 0.5) is 8.78 Å². The molecule has 0 bridgehead atoms. The number of hydrogen-bond acceptors (Lipinski definition) is 1. The van der Waals surface area contributed by atoms with Crippen molar-refractivity contribution in [3.05, 3.63) is 0 Å². The minimum atomic E-state index is -2.25. The number of nitrogens with two attached hydrogens (primary N) is 1. The summed E-state index contributed by atoms with van der Waals surface area (Å²) in [6.07, 6.45) is 0.462. The third-order valence-corrected chi connectivity index (χ3v) is 3.53. The Kier molecular flexibility index (Phi) is 3.30. The molecule has 92 valence electrons. The highest BCUT2D eigenvalue weighted by atomic mass is 19.3. The first-order valence-corrected chi connectivity index (χ1v) is 5.94. The van der Waals surface area contributed by atoms with Gasteiger partial charge in [0.15, 0.2) is 5.96 Å². The van der Waals surface area contributed by atoms with Crippen LogP contribution in [0.25, 0.3) is 0 Å². The molecule has 1 aliphatic carbocycles. The summed E-state index contributed by atoms with van der Waals surface area (Å²) in [5.41, 5.74) is 5.83. The van der Waals surface area contributed by atoms with E-state index in [1.165, 1.54) is 0 Å². The summed E-state index contributed by atoms with van der Waals surface area (Å²) in [4.78, 5) is 6.19. The molecule has 5 heteroatoms. The minimum absolute atomic E-state index is 0.237. The molecular weight excluding hydrogens is 212 g/mol. The topological polar surface area (TPSA) is 41.6 Å². The van der Waals surface area contributed by atoms with E-state index in [0.29, 0.717) is 12.4 Å². The van der Waals surface area contributed by atoms with Crippen LogP contribution in [0.1, 0.15) is 26.2 Å². The van der Waals surface area contributed by atoms with Gasteiger partial charge in [-0.3, -0.25) is 0 Å². The average Bonchev–Trinajstić information content (AvgIpc) is 2.98. The van der Waals surface area contributed by atoms with Crippen molar-refractivity contribution in [2.75, 3.05) is 13.1 Å². The molecule has 3 nitrogen and oxygen atoms in total. The van der Waals surface area contributed by atoms with E-state index in [-0.39, 0.29) is 6.04 Å². The van der Waals surface area contributed by atoms with Crippen molar-refractivity contribution >= 4 is 5.96 Å². The van der Waals surface area contributed by atoms with E-state index in [1.807, 2.05) is 4.90 Å². The van der Waals surface area contributed by atoms with Gasteiger partial charge in [-0.15, -0.1) is 0 Å². The van der Waals surface area contributed by atoms with E-state index < -0.39 is 12.3 Å². The van der Waals surface area contributed by atoms with Crippen LogP contribution < -0.4 is 5.73 Å². The van der Waals surface area contributed by atoms with Gasteiger partial charge in [0.2, 0.25) is 6.43 Å². The zero-order valence-corrected chi connectivity index (χ0v) is 9.57. The fourth-order valence-corrected chi connectivity index (χ4v) is 2.11. The fourth-order valence-electron chi connectivity index (χ4n) is 2.11. The zero-order chi connectivity index (χ0) is 11.7. The lowest BCUT2D eigenvalue weighted by molar-refractivity contribution is 0.120. The van der Waals surface area contributed by atoms with Gasteiger partial charge < -0.3 is 10.6 Å². The predicted octanol–water partition coefficient (Wildman–Crippen LogP) is 1.69. The van der Waals surface area contributed by atoms with E-state index in [0.717, 1.165) is 31.8 Å². The minimum Gasteiger partial charge on any atom is -0.370 e. The van der Waals surface area contributed by atoms with Gasteiger partial charge in [-0.1, -0.05) is 6.92 Å². The summed E-state index contributed by atoms with van der Waals surface area (Å²) >= 11 is 0. The Morgan fingerprint density at radius 3 is 2.50 bits per heavy atom. The molecule has 1 saturated carbocycles. The first-order chi connectivity index (χ1) is 7.58. The lowest BCUT2D eigenvalue weighted by Crippen LogP contribution is -2.42. The molecule has 0 aromatic heterocycles. The Hall–Kier alpha value is -0.870. The van der Waals surface area contributed by atoms with Gasteiger partial charge >= 0.3 is 0 Å². The molecule has 1 aliphatic heterocycles. The van der Waals surface area contributed by atoms with E-state index in [9.17, 15) is 8.78 Å². The monoisotopic (exact) mass is 231 g/mol. The normalized spacial score (nSPS) is 32.2. The molecule has 0 aromatic rings. The van der Waals surface area contributed by atoms with E-state index in [1.54, 1.807) is 0 Å². The van der Waals surface area contributed by atoms with Crippen molar-refractivity contribution in [1.29, 1.82) is 0 Å². The van der Waals surface area contributed by atoms with Gasteiger partial charge in [-0.05, 0) is 25.2 Å². The first-order valence-electron chi connectivity index (χ1n) is 5.94. The molecule has 0 radical (unpaired) electrons. The molecule has 0 unspecified atom stereocenters. The summed E-state index contributed by atoms with van der Waals surface area (Å²) in [5, 5.41) is 0. The van der Waals surface area contributed by atoms with E-state index >= 15 is 0 Å². The molecule has 2 fully saturated rings. The molecule has 2 rings (SSSR count). The number of hydrogen-bond donors (Lipinski definition) is 1. The van der Waals surface area contributed by atoms with Gasteiger partial charge in [0.1, 0.15) is 0 Å². The zero-order valence-electron chi connectivity index (χ0n) is 9.57. The maximum Gasteiger partial charge on any atom is 0.243 e. The van der Waals surface area contributed by atoms with Crippen LogP contribution in [0, 0.1) is 11.8 Å². The second-order valence-electron chi connectivity index (χ2n) is 4.96. The van der Waals surface area contributed by atoms with Gasteiger partial charge in [0, 0.05) is 19.0 Å². The van der Waals surface area contributed by atoms with Crippen LogP contribution in [0.2, 0.25) is 0 Å². The molecule has 2 aliphatic rings. The SMILES string of the molecule is CC1CCN(C(N)=N[C@H]2C[C@@H]2C(F)F)CC1. The summed E-state index contributed by atoms with van der Waals surface area (Å²) < 4.78 is 24.6. The van der Waals surface area contributed by atoms with Crippen molar-refractivity contribution < 1.29 is 8.78 Å². The molecule has 0 aromatic carbocycles. The average molecular weight is 231 g/mol. The Bertz CT molecular complexity index is 272. The quantitative estimate of drug-likeness (QED) is 0.580. The Labute approximate surface area is 94.7 Å². The van der Waals surface area contributed by atoms with Gasteiger partial charge in [0.25, 0.3) is 0 Å². The molecule has 2 N–H and O–H groups in total. The van der Waals surface area contributed by atoms with Crippen LogP contribution in [0.5, 0.6) is 0 Å². The van der Waals surface area contributed by atoms with Crippen molar-refractivity contribution in [3.8, 4) is 0 Å². The maximum absolute atomic E-state index is 12.3. The lowest BCUT2D eigenvalue weighted by Gasteiger charge is -2.31. The molecule has 0 amide bonds. The molecular formula is C11H19F2N3. The Morgan fingerprint density at radius 1 is 1.38 bits per heavy atom. The summed E-state index contributed by atoms with van der Waals surface area (Å²) in [6.45, 7) is 4.03. The molecule has 1 heterocycles. The van der Waals surface area contributed by atoms with Gasteiger partial charge in [-0.25, -0.2) is 13.8 Å². The summed E-state index contributed by atoms with van der Waals surface area (Å²) in [6, 6.07) is -0.237. The van der Waals surface area contributed by atoms with E-state index in [2.05, 4.69) is 11.9 Å². The van der Waals surface area contributed by atoms with Crippen LogP contribution in [0.15, 0.2) is 4.99 Å². The summed E-state index contributed by atoms with van der Waals surface area (Å²) in [7, 11) is 0. The van der Waals surface area contributed by atoms with Crippen molar-refractivity contribution in [1.82, 2.24) is 4.90 Å². The van der Waals surface area contributed by atoms with Crippen LogP contribution in [-0.2, 0) is 0 Å². The molecule has 16 heavy (non-hydrogen) atoms. The lowest BCUT2D eigenvalue weighted by atomic mass is 10.00. The number of halogens is 2. The van der Waals surface area contributed by atoms with Crippen LogP contribution in [-0.4, -0.2) is 36.4 Å². The Balaban J connectivity index is 1.83. The van der Waals surface area contributed by atoms with Crippen molar-refractivity contribution in [3.63, 3.8) is 0 Å². The third-order valence-electron chi connectivity index (χ3n) is 3.53. The van der Waals surface area contributed by atoms with Crippen molar-refractivity contribution in [2.45, 2.75) is 38.7 Å². The second kappa shape index (κ2) is 4.55. The van der Waals surface area contributed by atoms with Gasteiger partial charge in [0.05, 0.1) is 6.04 Å². The first kappa shape index (κ1) is 11.6. The fraction of sp³-hybridized carbons (Fsp3) is 0.909. The highest BCUT2D eigenvalue weighted by molar-refractivity contribution is 5.78. The van der Waals surface area contributed by atoms with Crippen molar-refractivity contribution in [2.24, 2.45) is 22.6 Å². The smallest absolute Gasteiger partial charge is 0.243 e. The predicted molar refractivity (Wildman–Crippen MR) is 59.5 cm³/mol. The van der Waals surface area contributed by atoms with Crippen LogP contribution >= 0.6 is 0 Å². The van der Waals surface area contributed by atoms with E-state index in [4.69, 9.17) is 5.73 Å². The number of aliphatic imine (C=N–C) groups is 1. The highest BCUT2D eigenvalue weighted by Crippen LogP contribution is 2.39. The third kappa shape index (κ3) is 2.62. The number of likely N-dealkylation sites (tertiary alicyclic amines) is 1. The largest absolute Gasteiger partial charge is 0.370 e. The second-order valence-corrected chi connectivity index (χ2v) is 4.96. The molecule has 1 saturated heterocycles. The van der Waals surface area contributed by atoms with Gasteiger partial charge in [-0.2, -0.15) is 0 Å².